The molecule has 0 N–H and O–H groups in total. The molecular weight excluding hydrogens is 400 g/mol. The normalized spacial score (nSPS) is 22.4. The number of amides is 1. The summed E-state index contributed by atoms with van der Waals surface area (Å²) < 4.78 is 11.3. The van der Waals surface area contributed by atoms with E-state index in [1.54, 1.807) is 11.1 Å². The molecule has 140 valence electrons. The first-order chi connectivity index (χ1) is 12.2. The molecule has 0 aliphatic carbocycles. The number of aromatic nitrogens is 1. The van der Waals surface area contributed by atoms with Crippen molar-refractivity contribution in [2.75, 3.05) is 7.11 Å². The van der Waals surface area contributed by atoms with E-state index in [1.165, 1.54) is 7.11 Å². The molecule has 0 radical (unpaired) electrons. The van der Waals surface area contributed by atoms with Crippen LogP contribution < -0.4 is 0 Å². The first-order valence-electron chi connectivity index (χ1n) is 8.66. The van der Waals surface area contributed by atoms with Gasteiger partial charge in [0, 0.05) is 12.2 Å². The molecule has 1 amide bonds. The lowest BCUT2D eigenvalue weighted by atomic mass is 9.89. The highest BCUT2D eigenvalue weighted by Gasteiger charge is 2.47. The summed E-state index contributed by atoms with van der Waals surface area (Å²) in [5.74, 6) is -0.401. The van der Waals surface area contributed by atoms with E-state index in [0.717, 1.165) is 28.6 Å². The van der Waals surface area contributed by atoms with E-state index in [-0.39, 0.29) is 18.2 Å². The maximum Gasteiger partial charge on any atom is 0.411 e. The molecule has 1 saturated heterocycles. The molecule has 0 spiro atoms. The van der Waals surface area contributed by atoms with Gasteiger partial charge in [-0.3, -0.25) is 4.90 Å². The molecule has 1 fully saturated rings. The van der Waals surface area contributed by atoms with E-state index in [1.807, 2.05) is 32.9 Å². The highest BCUT2D eigenvalue weighted by Crippen LogP contribution is 2.44. The number of fused-ring (bicyclic) bond motifs is 2. The molecule has 3 heterocycles. The lowest BCUT2D eigenvalue weighted by Gasteiger charge is -2.37. The van der Waals surface area contributed by atoms with E-state index >= 15 is 0 Å². The maximum absolute atomic E-state index is 12.7. The average molecular weight is 423 g/mol. The van der Waals surface area contributed by atoms with Crippen molar-refractivity contribution in [3.63, 3.8) is 0 Å². The monoisotopic (exact) mass is 422 g/mol. The largest absolute Gasteiger partial charge is 0.466 e. The zero-order valence-electron chi connectivity index (χ0n) is 15.4. The molecule has 7 heteroatoms. The molecule has 0 saturated carbocycles. The standard InChI is InChI=1S/C19H23BrN2O4/c1-19(2,3)26-18(24)22-12-6-7-14(22)16(17(23)25-4)13(9-12)11-5-8-15(20)21-10-11/h5,8,10,12,14H,6-7,9H2,1-4H3. The van der Waals surface area contributed by atoms with Crippen LogP contribution in [0.4, 0.5) is 4.79 Å². The summed E-state index contributed by atoms with van der Waals surface area (Å²) in [5, 5.41) is 0. The number of carbonyl (C=O) groups excluding carboxylic acids is 2. The number of hydrogen-bond acceptors (Lipinski definition) is 5. The Morgan fingerprint density at radius 3 is 2.58 bits per heavy atom. The molecule has 2 atom stereocenters. The minimum absolute atomic E-state index is 0.0157. The first kappa shape index (κ1) is 18.9. The van der Waals surface area contributed by atoms with Crippen LogP contribution >= 0.6 is 15.9 Å². The van der Waals surface area contributed by atoms with Crippen LogP contribution in [0.5, 0.6) is 0 Å². The predicted molar refractivity (Wildman–Crippen MR) is 100 cm³/mol. The molecular formula is C19H23BrN2O4. The molecule has 1 aromatic heterocycles. The molecule has 2 bridgehead atoms. The van der Waals surface area contributed by atoms with Crippen LogP contribution in [0.25, 0.3) is 5.57 Å². The van der Waals surface area contributed by atoms with Crippen molar-refractivity contribution in [2.45, 2.75) is 57.7 Å². The van der Waals surface area contributed by atoms with Gasteiger partial charge in [0.25, 0.3) is 0 Å². The number of esters is 1. The van der Waals surface area contributed by atoms with Gasteiger partial charge in [0.15, 0.2) is 0 Å². The van der Waals surface area contributed by atoms with Gasteiger partial charge in [-0.25, -0.2) is 14.6 Å². The van der Waals surface area contributed by atoms with Crippen LogP contribution in [-0.4, -0.2) is 46.7 Å². The van der Waals surface area contributed by atoms with Crippen LogP contribution in [0.15, 0.2) is 28.5 Å². The van der Waals surface area contributed by atoms with Gasteiger partial charge < -0.3 is 9.47 Å². The fraction of sp³-hybridized carbons (Fsp3) is 0.526. The lowest BCUT2D eigenvalue weighted by molar-refractivity contribution is -0.136. The highest BCUT2D eigenvalue weighted by molar-refractivity contribution is 9.10. The fourth-order valence-electron chi connectivity index (χ4n) is 3.70. The Bertz CT molecular complexity index is 752. The lowest BCUT2D eigenvalue weighted by Crippen LogP contribution is -2.48. The average Bonchev–Trinajstić information content (AvgIpc) is 2.87. The number of carbonyl (C=O) groups is 2. The van der Waals surface area contributed by atoms with Crippen LogP contribution in [0.3, 0.4) is 0 Å². The van der Waals surface area contributed by atoms with Crippen molar-refractivity contribution in [1.82, 2.24) is 9.88 Å². The maximum atomic E-state index is 12.7. The first-order valence-corrected chi connectivity index (χ1v) is 9.45. The summed E-state index contributed by atoms with van der Waals surface area (Å²) in [5.41, 5.74) is 1.75. The molecule has 2 unspecified atom stereocenters. The molecule has 1 aromatic rings. The molecule has 3 rings (SSSR count). The third-order valence-electron chi connectivity index (χ3n) is 4.69. The number of halogens is 1. The summed E-state index contributed by atoms with van der Waals surface area (Å²) in [7, 11) is 1.37. The van der Waals surface area contributed by atoms with Crippen molar-refractivity contribution in [2.24, 2.45) is 0 Å². The number of nitrogens with zero attached hydrogens (tertiary/aromatic N) is 2. The Hall–Kier alpha value is -1.89. The van der Waals surface area contributed by atoms with Gasteiger partial charge in [-0.15, -0.1) is 0 Å². The molecule has 26 heavy (non-hydrogen) atoms. The number of methoxy groups -OCH3 is 1. The van der Waals surface area contributed by atoms with E-state index in [4.69, 9.17) is 9.47 Å². The van der Waals surface area contributed by atoms with Crippen LogP contribution in [0.2, 0.25) is 0 Å². The SMILES string of the molecule is COC(=O)C1=C(c2ccc(Br)nc2)CC2CCC1N2C(=O)OC(C)(C)C. The molecule has 2 aliphatic rings. The minimum Gasteiger partial charge on any atom is -0.466 e. The summed E-state index contributed by atoms with van der Waals surface area (Å²) in [6, 6.07) is 3.47. The van der Waals surface area contributed by atoms with Gasteiger partial charge >= 0.3 is 12.1 Å². The summed E-state index contributed by atoms with van der Waals surface area (Å²) in [6.45, 7) is 5.52. The van der Waals surface area contributed by atoms with Gasteiger partial charge in [0.2, 0.25) is 0 Å². The quantitative estimate of drug-likeness (QED) is 0.533. The molecule has 2 aliphatic heterocycles. The zero-order valence-corrected chi connectivity index (χ0v) is 17.0. The second kappa shape index (κ2) is 7.02. The van der Waals surface area contributed by atoms with Crippen molar-refractivity contribution in [1.29, 1.82) is 0 Å². The Kier molecular flexibility index (Phi) is 5.10. The van der Waals surface area contributed by atoms with Gasteiger partial charge in [-0.2, -0.15) is 0 Å². The number of hydrogen-bond donors (Lipinski definition) is 0. The van der Waals surface area contributed by atoms with Crippen LogP contribution in [0.1, 0.15) is 45.6 Å². The topological polar surface area (TPSA) is 68.7 Å². The summed E-state index contributed by atoms with van der Waals surface area (Å²) >= 11 is 3.33. The van der Waals surface area contributed by atoms with Crippen LogP contribution in [-0.2, 0) is 14.3 Å². The van der Waals surface area contributed by atoms with Crippen LogP contribution in [0, 0.1) is 0 Å². The van der Waals surface area contributed by atoms with Crippen molar-refractivity contribution in [3.05, 3.63) is 34.1 Å². The number of rotatable bonds is 2. The Morgan fingerprint density at radius 2 is 2.00 bits per heavy atom. The van der Waals surface area contributed by atoms with E-state index in [2.05, 4.69) is 20.9 Å². The Labute approximate surface area is 161 Å². The van der Waals surface area contributed by atoms with Gasteiger partial charge in [0.05, 0.1) is 18.7 Å². The number of ether oxygens (including phenoxy) is 2. The zero-order chi connectivity index (χ0) is 19.1. The Balaban J connectivity index is 2.02. The van der Waals surface area contributed by atoms with Gasteiger partial charge in [-0.05, 0) is 73.2 Å². The smallest absolute Gasteiger partial charge is 0.411 e. The Morgan fingerprint density at radius 1 is 1.27 bits per heavy atom. The third-order valence-corrected chi connectivity index (χ3v) is 5.16. The predicted octanol–water partition coefficient (Wildman–Crippen LogP) is 3.94. The van der Waals surface area contributed by atoms with Gasteiger partial charge in [0.1, 0.15) is 10.2 Å². The minimum atomic E-state index is -0.582. The summed E-state index contributed by atoms with van der Waals surface area (Å²) in [4.78, 5) is 31.3. The second-order valence-electron chi connectivity index (χ2n) is 7.59. The fourth-order valence-corrected chi connectivity index (χ4v) is 3.94. The van der Waals surface area contributed by atoms with E-state index < -0.39 is 11.6 Å². The second-order valence-corrected chi connectivity index (χ2v) is 8.40. The number of pyridine rings is 1. The molecule has 6 nitrogen and oxygen atoms in total. The van der Waals surface area contributed by atoms with E-state index in [0.29, 0.717) is 12.0 Å². The van der Waals surface area contributed by atoms with Gasteiger partial charge in [-0.1, -0.05) is 6.07 Å². The van der Waals surface area contributed by atoms with Crippen molar-refractivity contribution < 1.29 is 19.1 Å². The van der Waals surface area contributed by atoms with Crippen molar-refractivity contribution in [3.8, 4) is 0 Å². The summed E-state index contributed by atoms with van der Waals surface area (Å²) in [6.07, 6.45) is 3.51. The van der Waals surface area contributed by atoms with E-state index in [9.17, 15) is 9.59 Å². The third kappa shape index (κ3) is 3.63. The molecule has 0 aromatic carbocycles. The van der Waals surface area contributed by atoms with Crippen molar-refractivity contribution >= 4 is 33.6 Å². The highest BCUT2D eigenvalue weighted by atomic mass is 79.9.